The first kappa shape index (κ1) is 20.5. The zero-order valence-corrected chi connectivity index (χ0v) is 15.3. The van der Waals surface area contributed by atoms with Gasteiger partial charge < -0.3 is 14.8 Å². The highest BCUT2D eigenvalue weighted by atomic mass is 16.5. The van der Waals surface area contributed by atoms with Gasteiger partial charge in [-0.2, -0.15) is 5.10 Å². The van der Waals surface area contributed by atoms with Crippen LogP contribution in [0.3, 0.4) is 0 Å². The smallest absolute Gasteiger partial charge is 0.337 e. The van der Waals surface area contributed by atoms with Gasteiger partial charge in [0.05, 0.1) is 32.1 Å². The van der Waals surface area contributed by atoms with Crippen LogP contribution in [-0.4, -0.2) is 75.4 Å². The van der Waals surface area contributed by atoms with Crippen molar-refractivity contribution in [2.45, 2.75) is 6.42 Å². The average Bonchev–Trinajstić information content (AvgIpc) is 2.71. The molecule has 0 aromatic heterocycles. The lowest BCUT2D eigenvalue weighted by atomic mass is 10.1. The number of ether oxygens (including phenoxy) is 2. The van der Waals surface area contributed by atoms with E-state index in [-0.39, 0.29) is 0 Å². The lowest BCUT2D eigenvalue weighted by Gasteiger charge is -2.26. The summed E-state index contributed by atoms with van der Waals surface area (Å²) in [6, 6.07) is 6.45. The van der Waals surface area contributed by atoms with Gasteiger partial charge in [0.1, 0.15) is 0 Å². The summed E-state index contributed by atoms with van der Waals surface area (Å²) in [4.78, 5) is 37.0. The summed E-state index contributed by atoms with van der Waals surface area (Å²) >= 11 is 0. The van der Waals surface area contributed by atoms with E-state index in [9.17, 15) is 14.4 Å². The molecule has 0 atom stereocenters. The number of nitrogens with one attached hydrogen (secondary N) is 2. The molecule has 1 aromatic carbocycles. The molecule has 2 rings (SSSR count). The fourth-order valence-corrected chi connectivity index (χ4v) is 2.45. The zero-order chi connectivity index (χ0) is 19.5. The first-order valence-electron chi connectivity index (χ1n) is 8.70. The van der Waals surface area contributed by atoms with E-state index in [0.29, 0.717) is 17.7 Å². The lowest BCUT2D eigenvalue weighted by molar-refractivity contribution is -0.139. The highest BCUT2D eigenvalue weighted by Crippen LogP contribution is 2.03. The van der Waals surface area contributed by atoms with Crippen molar-refractivity contribution in [1.82, 2.24) is 15.6 Å². The van der Waals surface area contributed by atoms with Crippen molar-refractivity contribution >= 4 is 24.0 Å². The molecule has 27 heavy (non-hydrogen) atoms. The third-order valence-corrected chi connectivity index (χ3v) is 3.96. The number of nitrogens with zero attached hydrogens (tertiary/aromatic N) is 2. The minimum atomic E-state index is -0.830. The Morgan fingerprint density at radius 2 is 1.89 bits per heavy atom. The van der Waals surface area contributed by atoms with Gasteiger partial charge in [-0.25, -0.2) is 10.2 Å². The van der Waals surface area contributed by atoms with Crippen molar-refractivity contribution in [3.8, 4) is 0 Å². The van der Waals surface area contributed by atoms with Crippen LogP contribution in [0.25, 0.3) is 0 Å². The van der Waals surface area contributed by atoms with Gasteiger partial charge in [-0.3, -0.25) is 14.5 Å². The summed E-state index contributed by atoms with van der Waals surface area (Å²) in [6.45, 7) is 4.52. The molecule has 1 heterocycles. The normalized spacial score (nSPS) is 14.7. The molecule has 0 radical (unpaired) electrons. The second kappa shape index (κ2) is 11.0. The van der Waals surface area contributed by atoms with E-state index in [1.807, 2.05) is 0 Å². The highest BCUT2D eigenvalue weighted by molar-refractivity contribution is 6.35. The quantitative estimate of drug-likeness (QED) is 0.224. The number of hydrazone groups is 1. The van der Waals surface area contributed by atoms with E-state index >= 15 is 0 Å². The van der Waals surface area contributed by atoms with Crippen molar-refractivity contribution < 1.29 is 23.9 Å². The van der Waals surface area contributed by atoms with Crippen molar-refractivity contribution in [1.29, 1.82) is 0 Å². The van der Waals surface area contributed by atoms with Crippen LogP contribution in [0, 0.1) is 0 Å². The summed E-state index contributed by atoms with van der Waals surface area (Å²) in [5.74, 6) is -1.99. The van der Waals surface area contributed by atoms with Crippen LogP contribution in [0.2, 0.25) is 0 Å². The minimum Gasteiger partial charge on any atom is -0.465 e. The third-order valence-electron chi connectivity index (χ3n) is 3.96. The number of hydrogen-bond donors (Lipinski definition) is 2. The summed E-state index contributed by atoms with van der Waals surface area (Å²) in [5, 5.41) is 6.30. The van der Waals surface area contributed by atoms with Crippen LogP contribution < -0.4 is 10.7 Å². The Hall–Kier alpha value is -2.78. The molecule has 0 aliphatic carbocycles. The minimum absolute atomic E-state index is 0.412. The van der Waals surface area contributed by atoms with Crippen LogP contribution in [0.5, 0.6) is 0 Å². The zero-order valence-electron chi connectivity index (χ0n) is 15.3. The van der Waals surface area contributed by atoms with Gasteiger partial charge in [0.25, 0.3) is 0 Å². The van der Waals surface area contributed by atoms with Crippen molar-refractivity contribution in [2.75, 3.05) is 46.5 Å². The number of carbonyl (C=O) groups is 3. The van der Waals surface area contributed by atoms with Crippen molar-refractivity contribution in [3.63, 3.8) is 0 Å². The first-order chi connectivity index (χ1) is 13.1. The Morgan fingerprint density at radius 1 is 1.19 bits per heavy atom. The largest absolute Gasteiger partial charge is 0.465 e. The maximum Gasteiger partial charge on any atom is 0.337 e. The lowest BCUT2D eigenvalue weighted by Crippen LogP contribution is -2.40. The molecule has 9 heteroatoms. The number of methoxy groups -OCH3 is 1. The molecule has 1 aliphatic heterocycles. The van der Waals surface area contributed by atoms with Crippen LogP contribution in [0.1, 0.15) is 22.3 Å². The molecule has 2 amide bonds. The summed E-state index contributed by atoms with van der Waals surface area (Å²) < 4.78 is 9.88. The Bertz CT molecular complexity index is 669. The van der Waals surface area contributed by atoms with Gasteiger partial charge in [0.15, 0.2) is 0 Å². The van der Waals surface area contributed by atoms with Gasteiger partial charge in [-0.15, -0.1) is 0 Å². The average molecular weight is 376 g/mol. The number of amides is 2. The summed E-state index contributed by atoms with van der Waals surface area (Å²) in [5.41, 5.74) is 3.24. The Kier molecular flexibility index (Phi) is 8.40. The van der Waals surface area contributed by atoms with E-state index in [4.69, 9.17) is 4.74 Å². The van der Waals surface area contributed by atoms with E-state index in [2.05, 4.69) is 25.5 Å². The monoisotopic (exact) mass is 376 g/mol. The van der Waals surface area contributed by atoms with E-state index in [0.717, 1.165) is 39.3 Å². The predicted molar refractivity (Wildman–Crippen MR) is 98.4 cm³/mol. The van der Waals surface area contributed by atoms with Gasteiger partial charge in [-0.1, -0.05) is 12.1 Å². The van der Waals surface area contributed by atoms with Crippen LogP contribution >= 0.6 is 0 Å². The predicted octanol–water partition coefficient (Wildman–Crippen LogP) is -0.238. The summed E-state index contributed by atoms with van der Waals surface area (Å²) in [7, 11) is 1.31. The number of esters is 1. The molecule has 1 aliphatic rings. The van der Waals surface area contributed by atoms with Crippen LogP contribution in [-0.2, 0) is 19.1 Å². The second-order valence-electron chi connectivity index (χ2n) is 5.88. The fraction of sp³-hybridized carbons (Fsp3) is 0.444. The maximum absolute atomic E-state index is 11.7. The van der Waals surface area contributed by atoms with Crippen LogP contribution in [0.4, 0.5) is 0 Å². The third kappa shape index (κ3) is 7.16. The molecule has 0 saturated carbocycles. The molecule has 0 spiro atoms. The van der Waals surface area contributed by atoms with Crippen LogP contribution in [0.15, 0.2) is 29.4 Å². The molecule has 146 valence electrons. The Morgan fingerprint density at radius 3 is 2.56 bits per heavy atom. The fourth-order valence-electron chi connectivity index (χ4n) is 2.45. The number of carbonyl (C=O) groups excluding carboxylic acids is 3. The van der Waals surface area contributed by atoms with E-state index < -0.39 is 17.8 Å². The topological polar surface area (TPSA) is 109 Å². The summed E-state index contributed by atoms with van der Waals surface area (Å²) in [6.07, 6.45) is 2.14. The maximum atomic E-state index is 11.7. The van der Waals surface area contributed by atoms with Gasteiger partial charge in [-0.05, 0) is 30.7 Å². The standard InChI is InChI=1S/C18H24N4O5/c1-26-18(25)15-5-3-14(4-6-15)13-20-21-17(24)16(23)19-7-2-8-22-9-11-27-12-10-22/h3-6,13H,2,7-12H2,1H3,(H,19,23)(H,21,24)/b20-13-. The van der Waals surface area contributed by atoms with E-state index in [1.54, 1.807) is 24.3 Å². The number of rotatable bonds is 7. The molecule has 0 bridgehead atoms. The number of hydrogen-bond acceptors (Lipinski definition) is 7. The van der Waals surface area contributed by atoms with Gasteiger partial charge in [0.2, 0.25) is 0 Å². The van der Waals surface area contributed by atoms with E-state index in [1.165, 1.54) is 13.3 Å². The molecule has 1 aromatic rings. The number of morpholine rings is 1. The molecule has 9 nitrogen and oxygen atoms in total. The molecule has 1 fully saturated rings. The SMILES string of the molecule is COC(=O)c1ccc(/C=N\NC(=O)C(=O)NCCCN2CCOCC2)cc1. The first-order valence-corrected chi connectivity index (χ1v) is 8.70. The highest BCUT2D eigenvalue weighted by Gasteiger charge is 2.13. The van der Waals surface area contributed by atoms with Gasteiger partial charge in [0, 0.05) is 19.6 Å². The Labute approximate surface area is 157 Å². The molecule has 0 unspecified atom stereocenters. The molecule has 1 saturated heterocycles. The van der Waals surface area contributed by atoms with Gasteiger partial charge >= 0.3 is 17.8 Å². The Balaban J connectivity index is 1.65. The second-order valence-corrected chi connectivity index (χ2v) is 5.88. The molecular weight excluding hydrogens is 352 g/mol. The van der Waals surface area contributed by atoms with Crippen molar-refractivity contribution in [3.05, 3.63) is 35.4 Å². The molecular formula is C18H24N4O5. The van der Waals surface area contributed by atoms with Crippen molar-refractivity contribution in [2.24, 2.45) is 5.10 Å². The number of benzene rings is 1. The molecule has 2 N–H and O–H groups in total.